The molecule has 2 aromatic carbocycles. The highest BCUT2D eigenvalue weighted by atomic mass is 35.5. The Balaban J connectivity index is 2.47. The number of sulfonamides is 1. The Morgan fingerprint density at radius 2 is 1.57 bits per heavy atom. The number of hydrogen-bond donors (Lipinski definition) is 1. The average Bonchev–Trinajstić information content (AvgIpc) is 2.50. The van der Waals surface area contributed by atoms with Gasteiger partial charge >= 0.3 is 0 Å². The van der Waals surface area contributed by atoms with Gasteiger partial charge < -0.3 is 9.47 Å². The van der Waals surface area contributed by atoms with Gasteiger partial charge in [0, 0.05) is 11.1 Å². The maximum absolute atomic E-state index is 12.6. The highest BCUT2D eigenvalue weighted by Crippen LogP contribution is 2.34. The standard InChI is InChI=1S/C16H18ClNO4S/c1-10-5-6-12(17)8-16(10)23(19,20)18-13-9-15(22-4)14(21-3)7-11(13)2/h5-9,18H,1-4H3. The Labute approximate surface area is 141 Å². The predicted octanol–water partition coefficient (Wildman–Crippen LogP) is 3.77. The number of anilines is 1. The first-order chi connectivity index (χ1) is 10.8. The number of aryl methyl sites for hydroxylation is 2. The molecule has 0 saturated carbocycles. The number of methoxy groups -OCH3 is 2. The molecule has 0 spiro atoms. The van der Waals surface area contributed by atoms with Crippen LogP contribution in [0.2, 0.25) is 5.02 Å². The summed E-state index contributed by atoms with van der Waals surface area (Å²) in [4.78, 5) is 0.138. The normalized spacial score (nSPS) is 11.2. The molecule has 0 saturated heterocycles. The molecule has 0 aliphatic rings. The van der Waals surface area contributed by atoms with E-state index < -0.39 is 10.0 Å². The Bertz CT molecular complexity index is 834. The molecular formula is C16H18ClNO4S. The highest BCUT2D eigenvalue weighted by molar-refractivity contribution is 7.92. The van der Waals surface area contributed by atoms with Crippen LogP contribution in [-0.4, -0.2) is 22.6 Å². The predicted molar refractivity (Wildman–Crippen MR) is 91.3 cm³/mol. The lowest BCUT2D eigenvalue weighted by atomic mass is 10.2. The van der Waals surface area contributed by atoms with Crippen LogP contribution < -0.4 is 14.2 Å². The molecule has 23 heavy (non-hydrogen) atoms. The number of nitrogens with one attached hydrogen (secondary N) is 1. The van der Waals surface area contributed by atoms with Gasteiger partial charge in [-0.3, -0.25) is 4.72 Å². The fourth-order valence-corrected chi connectivity index (χ4v) is 3.78. The summed E-state index contributed by atoms with van der Waals surface area (Å²) in [6, 6.07) is 8.04. The van der Waals surface area contributed by atoms with Gasteiger partial charge in [-0.25, -0.2) is 8.42 Å². The van der Waals surface area contributed by atoms with Crippen molar-refractivity contribution in [2.45, 2.75) is 18.7 Å². The van der Waals surface area contributed by atoms with Crippen LogP contribution in [0.15, 0.2) is 35.2 Å². The molecule has 0 aromatic heterocycles. The van der Waals surface area contributed by atoms with E-state index in [-0.39, 0.29) is 4.90 Å². The van der Waals surface area contributed by atoms with Crippen LogP contribution >= 0.6 is 11.6 Å². The van der Waals surface area contributed by atoms with Crippen LogP contribution in [0.5, 0.6) is 11.5 Å². The Morgan fingerprint density at radius 3 is 2.17 bits per heavy atom. The van der Waals surface area contributed by atoms with Crippen molar-refractivity contribution < 1.29 is 17.9 Å². The van der Waals surface area contributed by atoms with E-state index >= 15 is 0 Å². The minimum Gasteiger partial charge on any atom is -0.493 e. The van der Waals surface area contributed by atoms with Gasteiger partial charge in [0.1, 0.15) is 0 Å². The zero-order chi connectivity index (χ0) is 17.2. The highest BCUT2D eigenvalue weighted by Gasteiger charge is 2.19. The van der Waals surface area contributed by atoms with Gasteiger partial charge in [-0.05, 0) is 43.2 Å². The number of ether oxygens (including phenoxy) is 2. The van der Waals surface area contributed by atoms with E-state index in [1.165, 1.54) is 20.3 Å². The second-order valence-electron chi connectivity index (χ2n) is 5.04. The monoisotopic (exact) mass is 355 g/mol. The maximum Gasteiger partial charge on any atom is 0.262 e. The van der Waals surface area contributed by atoms with Crippen LogP contribution in [0.3, 0.4) is 0 Å². The fraction of sp³-hybridized carbons (Fsp3) is 0.250. The molecule has 0 heterocycles. The average molecular weight is 356 g/mol. The quantitative estimate of drug-likeness (QED) is 0.886. The Morgan fingerprint density at radius 1 is 0.957 bits per heavy atom. The van der Waals surface area contributed by atoms with E-state index in [0.29, 0.717) is 33.3 Å². The van der Waals surface area contributed by atoms with Gasteiger partial charge in [0.2, 0.25) is 0 Å². The molecule has 2 rings (SSSR count). The van der Waals surface area contributed by atoms with Crippen LogP contribution in [0.25, 0.3) is 0 Å². The molecule has 7 heteroatoms. The second-order valence-corrected chi connectivity index (χ2v) is 7.12. The van der Waals surface area contributed by atoms with Crippen molar-refractivity contribution in [3.8, 4) is 11.5 Å². The molecule has 124 valence electrons. The van der Waals surface area contributed by atoms with E-state index in [0.717, 1.165) is 0 Å². The first-order valence-electron chi connectivity index (χ1n) is 6.80. The van der Waals surface area contributed by atoms with Crippen molar-refractivity contribution >= 4 is 27.3 Å². The zero-order valence-electron chi connectivity index (χ0n) is 13.3. The molecule has 0 bridgehead atoms. The first kappa shape index (κ1) is 17.4. The van der Waals surface area contributed by atoms with Gasteiger partial charge in [0.05, 0.1) is 24.8 Å². The minimum atomic E-state index is -3.76. The minimum absolute atomic E-state index is 0.138. The van der Waals surface area contributed by atoms with E-state index in [2.05, 4.69) is 4.72 Å². The van der Waals surface area contributed by atoms with Crippen LogP contribution in [0, 0.1) is 13.8 Å². The molecule has 0 atom stereocenters. The van der Waals surface area contributed by atoms with E-state index in [9.17, 15) is 8.42 Å². The summed E-state index contributed by atoms with van der Waals surface area (Å²) >= 11 is 5.92. The topological polar surface area (TPSA) is 64.6 Å². The molecule has 0 fully saturated rings. The Kier molecular flexibility index (Phi) is 5.06. The maximum atomic E-state index is 12.6. The molecule has 0 aliphatic heterocycles. The van der Waals surface area contributed by atoms with Crippen LogP contribution in [-0.2, 0) is 10.0 Å². The molecule has 2 aromatic rings. The van der Waals surface area contributed by atoms with Crippen molar-refractivity contribution in [2.75, 3.05) is 18.9 Å². The summed E-state index contributed by atoms with van der Waals surface area (Å²) in [5.74, 6) is 0.977. The van der Waals surface area contributed by atoms with Crippen molar-refractivity contribution in [1.82, 2.24) is 0 Å². The summed E-state index contributed by atoms with van der Waals surface area (Å²) in [6.45, 7) is 3.50. The molecule has 1 N–H and O–H groups in total. The SMILES string of the molecule is COc1cc(C)c(NS(=O)(=O)c2cc(Cl)ccc2C)cc1OC. The van der Waals surface area contributed by atoms with Gasteiger partial charge in [0.25, 0.3) is 10.0 Å². The molecule has 0 unspecified atom stereocenters. The Hall–Kier alpha value is -1.92. The summed E-state index contributed by atoms with van der Waals surface area (Å²) in [5.41, 5.74) is 1.74. The number of benzene rings is 2. The zero-order valence-corrected chi connectivity index (χ0v) is 14.9. The largest absolute Gasteiger partial charge is 0.493 e. The van der Waals surface area contributed by atoms with Gasteiger partial charge in [-0.2, -0.15) is 0 Å². The third kappa shape index (κ3) is 3.71. The van der Waals surface area contributed by atoms with Gasteiger partial charge in [-0.1, -0.05) is 17.7 Å². The molecule has 0 aliphatic carbocycles. The van der Waals surface area contributed by atoms with Crippen LogP contribution in [0.4, 0.5) is 5.69 Å². The van der Waals surface area contributed by atoms with Crippen molar-refractivity contribution in [1.29, 1.82) is 0 Å². The molecule has 5 nitrogen and oxygen atoms in total. The van der Waals surface area contributed by atoms with Crippen molar-refractivity contribution in [3.63, 3.8) is 0 Å². The second kappa shape index (κ2) is 6.68. The summed E-state index contributed by atoms with van der Waals surface area (Å²) < 4.78 is 38.3. The lowest BCUT2D eigenvalue weighted by molar-refractivity contribution is 0.355. The smallest absolute Gasteiger partial charge is 0.262 e. The van der Waals surface area contributed by atoms with Gasteiger partial charge in [0.15, 0.2) is 11.5 Å². The first-order valence-corrected chi connectivity index (χ1v) is 8.66. The number of hydrogen-bond acceptors (Lipinski definition) is 4. The van der Waals surface area contributed by atoms with Crippen molar-refractivity contribution in [2.24, 2.45) is 0 Å². The molecule has 0 amide bonds. The van der Waals surface area contributed by atoms with E-state index in [4.69, 9.17) is 21.1 Å². The lowest BCUT2D eigenvalue weighted by Gasteiger charge is -2.15. The molecular weight excluding hydrogens is 338 g/mol. The van der Waals surface area contributed by atoms with E-state index in [1.54, 1.807) is 38.1 Å². The third-order valence-corrected chi connectivity index (χ3v) is 5.16. The third-order valence-electron chi connectivity index (χ3n) is 3.41. The van der Waals surface area contributed by atoms with Crippen LogP contribution in [0.1, 0.15) is 11.1 Å². The summed E-state index contributed by atoms with van der Waals surface area (Å²) in [5, 5.41) is 0.361. The summed E-state index contributed by atoms with van der Waals surface area (Å²) in [7, 11) is -0.747. The lowest BCUT2D eigenvalue weighted by Crippen LogP contribution is -2.15. The van der Waals surface area contributed by atoms with E-state index in [1.807, 2.05) is 0 Å². The molecule has 0 radical (unpaired) electrons. The number of rotatable bonds is 5. The number of halogens is 1. The summed E-state index contributed by atoms with van der Waals surface area (Å²) in [6.07, 6.45) is 0. The van der Waals surface area contributed by atoms with Crippen molar-refractivity contribution in [3.05, 3.63) is 46.5 Å². The fourth-order valence-electron chi connectivity index (χ4n) is 2.15. The van der Waals surface area contributed by atoms with Gasteiger partial charge in [-0.15, -0.1) is 0 Å².